The van der Waals surface area contributed by atoms with E-state index in [1.165, 1.54) is 0 Å². The highest BCUT2D eigenvalue weighted by Gasteiger charge is 2.25. The van der Waals surface area contributed by atoms with E-state index >= 15 is 0 Å². The average Bonchev–Trinajstić information content (AvgIpc) is 2.77. The van der Waals surface area contributed by atoms with Gasteiger partial charge in [0.1, 0.15) is 5.75 Å². The number of carbonyl (C=O) groups is 1. The highest BCUT2D eigenvalue weighted by atomic mass is 16.3. The maximum atomic E-state index is 12.1. The van der Waals surface area contributed by atoms with Crippen molar-refractivity contribution in [2.45, 2.75) is 13.8 Å². The van der Waals surface area contributed by atoms with Gasteiger partial charge < -0.3 is 15.7 Å². The average molecular weight is 280 g/mol. The maximum absolute atomic E-state index is 12.1. The molecule has 1 amide bonds. The van der Waals surface area contributed by atoms with E-state index < -0.39 is 0 Å². The number of benzene rings is 2. The standard InChI is InChI=1S/C17H16N2O2/c1-10-4-3-5-14-16(10)13(17(21)19-14)9-18-12-6-7-15(20)11(2)8-12/h3-9,18,20H,1-2H3,(H,19,21)/b13-9+. The maximum Gasteiger partial charge on any atom is 0.257 e. The Morgan fingerprint density at radius 3 is 2.71 bits per heavy atom. The Balaban J connectivity index is 1.94. The van der Waals surface area contributed by atoms with E-state index in [1.807, 2.05) is 38.1 Å². The van der Waals surface area contributed by atoms with Gasteiger partial charge in [-0.2, -0.15) is 0 Å². The summed E-state index contributed by atoms with van der Waals surface area (Å²) in [5, 5.41) is 15.5. The van der Waals surface area contributed by atoms with Crippen molar-refractivity contribution < 1.29 is 9.90 Å². The van der Waals surface area contributed by atoms with Gasteiger partial charge in [-0.1, -0.05) is 12.1 Å². The molecule has 4 heteroatoms. The van der Waals surface area contributed by atoms with Crippen molar-refractivity contribution in [3.63, 3.8) is 0 Å². The zero-order chi connectivity index (χ0) is 15.0. The van der Waals surface area contributed by atoms with Crippen LogP contribution in [0.4, 0.5) is 11.4 Å². The fraction of sp³-hybridized carbons (Fsp3) is 0.118. The molecule has 0 atom stereocenters. The summed E-state index contributed by atoms with van der Waals surface area (Å²) in [6, 6.07) is 11.0. The largest absolute Gasteiger partial charge is 0.508 e. The first kappa shape index (κ1) is 13.2. The minimum Gasteiger partial charge on any atom is -0.508 e. The van der Waals surface area contributed by atoms with E-state index in [0.717, 1.165) is 28.1 Å². The number of phenols is 1. The molecule has 0 aliphatic carbocycles. The highest BCUT2D eigenvalue weighted by molar-refractivity contribution is 6.32. The lowest BCUT2D eigenvalue weighted by Crippen LogP contribution is -2.05. The molecule has 0 radical (unpaired) electrons. The second-order valence-corrected chi connectivity index (χ2v) is 5.16. The van der Waals surface area contributed by atoms with Gasteiger partial charge in [0.05, 0.1) is 5.57 Å². The molecule has 2 aromatic rings. The lowest BCUT2D eigenvalue weighted by molar-refractivity contribution is -0.110. The van der Waals surface area contributed by atoms with E-state index in [1.54, 1.807) is 18.3 Å². The zero-order valence-corrected chi connectivity index (χ0v) is 11.9. The molecular weight excluding hydrogens is 264 g/mol. The van der Waals surface area contributed by atoms with Gasteiger partial charge in [-0.25, -0.2) is 0 Å². The van der Waals surface area contributed by atoms with Gasteiger partial charge in [0.25, 0.3) is 5.91 Å². The number of carbonyl (C=O) groups excluding carboxylic acids is 1. The molecule has 3 N–H and O–H groups in total. The lowest BCUT2D eigenvalue weighted by Gasteiger charge is -2.06. The molecule has 3 rings (SSSR count). The molecule has 21 heavy (non-hydrogen) atoms. The number of hydrogen-bond donors (Lipinski definition) is 3. The van der Waals surface area contributed by atoms with Crippen LogP contribution < -0.4 is 10.6 Å². The molecule has 0 saturated heterocycles. The van der Waals surface area contributed by atoms with Gasteiger partial charge in [0, 0.05) is 23.1 Å². The highest BCUT2D eigenvalue weighted by Crippen LogP contribution is 2.34. The Kier molecular flexibility index (Phi) is 3.14. The summed E-state index contributed by atoms with van der Waals surface area (Å²) in [5.74, 6) is 0.148. The number of aryl methyl sites for hydroxylation is 2. The topological polar surface area (TPSA) is 61.4 Å². The van der Waals surface area contributed by atoms with Crippen molar-refractivity contribution >= 4 is 22.9 Å². The number of aromatic hydroxyl groups is 1. The quantitative estimate of drug-likeness (QED) is 0.583. The molecule has 0 unspecified atom stereocenters. The van der Waals surface area contributed by atoms with Crippen LogP contribution in [0.2, 0.25) is 0 Å². The predicted octanol–water partition coefficient (Wildman–Crippen LogP) is 3.41. The molecule has 1 aliphatic heterocycles. The second-order valence-electron chi connectivity index (χ2n) is 5.16. The summed E-state index contributed by atoms with van der Waals surface area (Å²) >= 11 is 0. The van der Waals surface area contributed by atoms with Crippen LogP contribution in [0.25, 0.3) is 5.57 Å². The first-order chi connectivity index (χ1) is 10.1. The number of hydrogen-bond acceptors (Lipinski definition) is 3. The van der Waals surface area contributed by atoms with Gasteiger partial charge in [-0.15, -0.1) is 0 Å². The van der Waals surface area contributed by atoms with Crippen LogP contribution in [0, 0.1) is 13.8 Å². The number of anilines is 2. The van der Waals surface area contributed by atoms with E-state index in [0.29, 0.717) is 5.57 Å². The molecule has 0 fully saturated rings. The zero-order valence-electron chi connectivity index (χ0n) is 11.9. The molecule has 106 valence electrons. The van der Waals surface area contributed by atoms with Crippen LogP contribution in [0.3, 0.4) is 0 Å². The summed E-state index contributed by atoms with van der Waals surface area (Å²) in [7, 11) is 0. The molecule has 4 nitrogen and oxygen atoms in total. The van der Waals surface area contributed by atoms with E-state index in [4.69, 9.17) is 0 Å². The molecule has 1 heterocycles. The van der Waals surface area contributed by atoms with Crippen molar-refractivity contribution in [1.82, 2.24) is 0 Å². The van der Waals surface area contributed by atoms with Crippen LogP contribution in [0.5, 0.6) is 5.75 Å². The van der Waals surface area contributed by atoms with E-state index in [2.05, 4.69) is 10.6 Å². The SMILES string of the molecule is Cc1cc(N/C=C2/C(=O)Nc3cccc(C)c32)ccc1O. The number of phenolic OH excluding ortho intramolecular Hbond substituents is 1. The van der Waals surface area contributed by atoms with Gasteiger partial charge in [-0.3, -0.25) is 4.79 Å². The fourth-order valence-corrected chi connectivity index (χ4v) is 2.47. The molecule has 0 spiro atoms. The molecule has 0 bridgehead atoms. The van der Waals surface area contributed by atoms with Crippen LogP contribution in [0.15, 0.2) is 42.6 Å². The predicted molar refractivity (Wildman–Crippen MR) is 84.3 cm³/mol. The van der Waals surface area contributed by atoms with Crippen molar-refractivity contribution in [3.8, 4) is 5.75 Å². The van der Waals surface area contributed by atoms with Gasteiger partial charge in [0.2, 0.25) is 0 Å². The van der Waals surface area contributed by atoms with Crippen molar-refractivity contribution in [2.75, 3.05) is 10.6 Å². The third-order valence-electron chi connectivity index (χ3n) is 3.61. The normalized spacial score (nSPS) is 15.0. The summed E-state index contributed by atoms with van der Waals surface area (Å²) in [5.41, 5.74) is 5.06. The van der Waals surface area contributed by atoms with Gasteiger partial charge in [-0.05, 0) is 49.2 Å². The minimum absolute atomic E-state index is 0.109. The minimum atomic E-state index is -0.109. The van der Waals surface area contributed by atoms with E-state index in [9.17, 15) is 9.90 Å². The Morgan fingerprint density at radius 2 is 1.95 bits per heavy atom. The van der Waals surface area contributed by atoms with Gasteiger partial charge >= 0.3 is 0 Å². The molecule has 1 aliphatic rings. The number of fused-ring (bicyclic) bond motifs is 1. The Hall–Kier alpha value is -2.75. The molecule has 2 aromatic carbocycles. The van der Waals surface area contributed by atoms with Crippen molar-refractivity contribution in [3.05, 3.63) is 59.3 Å². The van der Waals surface area contributed by atoms with E-state index in [-0.39, 0.29) is 11.7 Å². The number of nitrogens with one attached hydrogen (secondary N) is 2. The van der Waals surface area contributed by atoms with Crippen molar-refractivity contribution in [1.29, 1.82) is 0 Å². The first-order valence-electron chi connectivity index (χ1n) is 6.74. The molecule has 0 aromatic heterocycles. The fourth-order valence-electron chi connectivity index (χ4n) is 2.47. The molecular formula is C17H16N2O2. The summed E-state index contributed by atoms with van der Waals surface area (Å²) in [6.07, 6.45) is 1.71. The third-order valence-corrected chi connectivity index (χ3v) is 3.61. The second kappa shape index (κ2) is 4.98. The van der Waals surface area contributed by atoms with Crippen molar-refractivity contribution in [2.24, 2.45) is 0 Å². The lowest BCUT2D eigenvalue weighted by atomic mass is 10.0. The summed E-state index contributed by atoms with van der Waals surface area (Å²) < 4.78 is 0. The third kappa shape index (κ3) is 2.36. The van der Waals surface area contributed by atoms with Crippen LogP contribution in [-0.4, -0.2) is 11.0 Å². The van der Waals surface area contributed by atoms with Crippen LogP contribution in [0.1, 0.15) is 16.7 Å². The monoisotopic (exact) mass is 280 g/mol. The molecule has 0 saturated carbocycles. The summed E-state index contributed by atoms with van der Waals surface area (Å²) in [6.45, 7) is 3.81. The first-order valence-corrected chi connectivity index (χ1v) is 6.74. The Morgan fingerprint density at radius 1 is 1.14 bits per heavy atom. The summed E-state index contributed by atoms with van der Waals surface area (Å²) in [4.78, 5) is 12.1. The van der Waals surface area contributed by atoms with Crippen LogP contribution in [-0.2, 0) is 4.79 Å². The Labute approximate surface area is 123 Å². The Bertz CT molecular complexity index is 763. The van der Waals surface area contributed by atoms with Crippen LogP contribution >= 0.6 is 0 Å². The number of amides is 1. The number of rotatable bonds is 2. The smallest absolute Gasteiger partial charge is 0.257 e. The van der Waals surface area contributed by atoms with Gasteiger partial charge in [0.15, 0.2) is 0 Å².